The van der Waals surface area contributed by atoms with Gasteiger partial charge >= 0.3 is 0 Å². The standard InChI is InChI=1S/C7H10N4O2/c1-4(12)9-5-3-11(2)7(10-5)6(8)13/h3H,1-2H3,(H2,8,13)(H,9,12). The highest BCUT2D eigenvalue weighted by atomic mass is 16.2. The highest BCUT2D eigenvalue weighted by Gasteiger charge is 2.10. The molecule has 0 aliphatic rings. The second-order valence-electron chi connectivity index (χ2n) is 2.61. The molecule has 13 heavy (non-hydrogen) atoms. The molecule has 0 saturated heterocycles. The minimum Gasteiger partial charge on any atom is -0.363 e. The van der Waals surface area contributed by atoms with E-state index in [1.165, 1.54) is 17.7 Å². The number of amides is 2. The van der Waals surface area contributed by atoms with Crippen LogP contribution in [-0.4, -0.2) is 21.4 Å². The van der Waals surface area contributed by atoms with Crippen LogP contribution in [0.4, 0.5) is 5.82 Å². The molecule has 0 bridgehead atoms. The van der Waals surface area contributed by atoms with Gasteiger partial charge in [-0.25, -0.2) is 4.98 Å². The summed E-state index contributed by atoms with van der Waals surface area (Å²) < 4.78 is 1.45. The van der Waals surface area contributed by atoms with Gasteiger partial charge in [0.1, 0.15) is 0 Å². The Bertz CT molecular complexity index is 355. The second kappa shape index (κ2) is 3.26. The van der Waals surface area contributed by atoms with Gasteiger partial charge in [0.2, 0.25) is 11.7 Å². The van der Waals surface area contributed by atoms with Gasteiger partial charge in [0.25, 0.3) is 5.91 Å². The molecule has 0 aliphatic heterocycles. The number of primary amides is 1. The zero-order chi connectivity index (χ0) is 10.0. The summed E-state index contributed by atoms with van der Waals surface area (Å²) in [6, 6.07) is 0. The first-order valence-corrected chi connectivity index (χ1v) is 3.61. The number of carbonyl (C=O) groups excluding carboxylic acids is 2. The second-order valence-corrected chi connectivity index (χ2v) is 2.61. The number of hydrogen-bond acceptors (Lipinski definition) is 3. The molecule has 6 heteroatoms. The maximum Gasteiger partial charge on any atom is 0.284 e. The maximum atomic E-state index is 10.7. The summed E-state index contributed by atoms with van der Waals surface area (Å²) in [5.41, 5.74) is 5.02. The van der Waals surface area contributed by atoms with Gasteiger partial charge in [0.05, 0.1) is 0 Å². The molecule has 0 aliphatic carbocycles. The molecular weight excluding hydrogens is 172 g/mol. The lowest BCUT2D eigenvalue weighted by molar-refractivity contribution is -0.114. The predicted molar refractivity (Wildman–Crippen MR) is 46.0 cm³/mol. The Balaban J connectivity index is 2.95. The van der Waals surface area contributed by atoms with Crippen LogP contribution in [0.25, 0.3) is 0 Å². The Labute approximate surface area is 74.7 Å². The zero-order valence-electron chi connectivity index (χ0n) is 7.37. The summed E-state index contributed by atoms with van der Waals surface area (Å²) in [6.07, 6.45) is 1.52. The van der Waals surface area contributed by atoms with Crippen molar-refractivity contribution in [3.8, 4) is 0 Å². The third-order valence-electron chi connectivity index (χ3n) is 1.40. The molecule has 1 aromatic rings. The van der Waals surface area contributed by atoms with Crippen LogP contribution in [0, 0.1) is 0 Å². The predicted octanol–water partition coefficient (Wildman–Crippen LogP) is -0.523. The van der Waals surface area contributed by atoms with Gasteiger partial charge in [-0.15, -0.1) is 0 Å². The van der Waals surface area contributed by atoms with Crippen LogP contribution in [0.5, 0.6) is 0 Å². The van der Waals surface area contributed by atoms with Crippen LogP contribution in [0.1, 0.15) is 17.5 Å². The SMILES string of the molecule is CC(=O)Nc1cn(C)c(C(N)=O)n1. The van der Waals surface area contributed by atoms with Crippen molar-refractivity contribution >= 4 is 17.6 Å². The van der Waals surface area contributed by atoms with Crippen LogP contribution in [-0.2, 0) is 11.8 Å². The molecule has 6 nitrogen and oxygen atoms in total. The van der Waals surface area contributed by atoms with E-state index in [-0.39, 0.29) is 11.7 Å². The Kier molecular flexibility index (Phi) is 2.32. The fourth-order valence-corrected chi connectivity index (χ4v) is 0.936. The number of hydrogen-bond donors (Lipinski definition) is 2. The molecule has 70 valence electrons. The lowest BCUT2D eigenvalue weighted by atomic mass is 10.6. The number of nitrogens with zero attached hydrogens (tertiary/aromatic N) is 2. The fraction of sp³-hybridized carbons (Fsp3) is 0.286. The van der Waals surface area contributed by atoms with E-state index in [2.05, 4.69) is 10.3 Å². The normalized spacial score (nSPS) is 9.69. The monoisotopic (exact) mass is 182 g/mol. The average Bonchev–Trinajstić information content (AvgIpc) is 2.29. The smallest absolute Gasteiger partial charge is 0.284 e. The van der Waals surface area contributed by atoms with Crippen LogP contribution < -0.4 is 11.1 Å². The number of rotatable bonds is 2. The van der Waals surface area contributed by atoms with Gasteiger partial charge in [-0.05, 0) is 0 Å². The summed E-state index contributed by atoms with van der Waals surface area (Å²) in [5.74, 6) is -0.430. The lowest BCUT2D eigenvalue weighted by Gasteiger charge is -1.92. The minimum atomic E-state index is -0.626. The van der Waals surface area contributed by atoms with Crippen molar-refractivity contribution in [1.29, 1.82) is 0 Å². The number of nitrogens with two attached hydrogens (primary N) is 1. The van der Waals surface area contributed by atoms with Crippen molar-refractivity contribution in [3.63, 3.8) is 0 Å². The number of aryl methyl sites for hydroxylation is 1. The molecule has 0 saturated carbocycles. The number of imidazole rings is 1. The third kappa shape index (κ3) is 2.05. The first kappa shape index (κ1) is 9.24. The molecule has 0 radical (unpaired) electrons. The van der Waals surface area contributed by atoms with Crippen LogP contribution in [0.15, 0.2) is 6.20 Å². The molecular formula is C7H10N4O2. The van der Waals surface area contributed by atoms with E-state index in [1.807, 2.05) is 0 Å². The summed E-state index contributed by atoms with van der Waals surface area (Å²) in [7, 11) is 1.62. The van der Waals surface area contributed by atoms with Gasteiger partial charge in [-0.2, -0.15) is 0 Å². The molecule has 0 unspecified atom stereocenters. The highest BCUT2D eigenvalue weighted by Crippen LogP contribution is 2.05. The molecule has 1 rings (SSSR count). The van der Waals surface area contributed by atoms with E-state index in [4.69, 9.17) is 5.73 Å². The first-order chi connectivity index (χ1) is 6.00. The molecule has 2 amide bonds. The molecule has 0 aromatic carbocycles. The zero-order valence-corrected chi connectivity index (χ0v) is 7.37. The summed E-state index contributed by atoms with van der Waals surface area (Å²) in [5, 5.41) is 2.44. The molecule has 1 heterocycles. The third-order valence-corrected chi connectivity index (χ3v) is 1.40. The van der Waals surface area contributed by atoms with E-state index in [0.717, 1.165) is 0 Å². The Morgan fingerprint density at radius 2 is 2.23 bits per heavy atom. The number of carbonyl (C=O) groups is 2. The van der Waals surface area contributed by atoms with Crippen molar-refractivity contribution in [1.82, 2.24) is 9.55 Å². The lowest BCUT2D eigenvalue weighted by Crippen LogP contribution is -2.16. The summed E-state index contributed by atoms with van der Waals surface area (Å²) in [4.78, 5) is 25.2. The van der Waals surface area contributed by atoms with E-state index < -0.39 is 5.91 Å². The minimum absolute atomic E-state index is 0.115. The van der Waals surface area contributed by atoms with Crippen molar-refractivity contribution < 1.29 is 9.59 Å². The van der Waals surface area contributed by atoms with Crippen LogP contribution >= 0.6 is 0 Å². The number of aromatic nitrogens is 2. The molecule has 0 spiro atoms. The van der Waals surface area contributed by atoms with Crippen molar-refractivity contribution in [3.05, 3.63) is 12.0 Å². The van der Waals surface area contributed by atoms with Gasteiger partial charge < -0.3 is 15.6 Å². The van der Waals surface area contributed by atoms with Gasteiger partial charge in [-0.3, -0.25) is 9.59 Å². The molecule has 3 N–H and O–H groups in total. The largest absolute Gasteiger partial charge is 0.363 e. The average molecular weight is 182 g/mol. The van der Waals surface area contributed by atoms with E-state index in [0.29, 0.717) is 5.82 Å². The molecule has 0 atom stereocenters. The van der Waals surface area contributed by atoms with Crippen LogP contribution in [0.2, 0.25) is 0 Å². The number of anilines is 1. The quantitative estimate of drug-likeness (QED) is 0.644. The van der Waals surface area contributed by atoms with Crippen molar-refractivity contribution in [2.75, 3.05) is 5.32 Å². The van der Waals surface area contributed by atoms with E-state index in [1.54, 1.807) is 7.05 Å². The topological polar surface area (TPSA) is 90.0 Å². The van der Waals surface area contributed by atoms with Gasteiger partial charge in [-0.1, -0.05) is 0 Å². The van der Waals surface area contributed by atoms with Crippen molar-refractivity contribution in [2.24, 2.45) is 12.8 Å². The Hall–Kier alpha value is -1.85. The number of nitrogens with one attached hydrogen (secondary N) is 1. The van der Waals surface area contributed by atoms with Gasteiger partial charge in [0, 0.05) is 20.2 Å². The molecule has 1 aromatic heterocycles. The fourth-order valence-electron chi connectivity index (χ4n) is 0.936. The molecule has 0 fully saturated rings. The van der Waals surface area contributed by atoms with Gasteiger partial charge in [0.15, 0.2) is 5.82 Å². The van der Waals surface area contributed by atoms with E-state index in [9.17, 15) is 9.59 Å². The Morgan fingerprint density at radius 3 is 2.62 bits per heavy atom. The van der Waals surface area contributed by atoms with E-state index >= 15 is 0 Å². The first-order valence-electron chi connectivity index (χ1n) is 3.61. The highest BCUT2D eigenvalue weighted by molar-refractivity contribution is 5.91. The summed E-state index contributed by atoms with van der Waals surface area (Å²) in [6.45, 7) is 1.36. The summed E-state index contributed by atoms with van der Waals surface area (Å²) >= 11 is 0. The Morgan fingerprint density at radius 1 is 1.62 bits per heavy atom. The maximum absolute atomic E-state index is 10.7. The van der Waals surface area contributed by atoms with Crippen molar-refractivity contribution in [2.45, 2.75) is 6.92 Å². The van der Waals surface area contributed by atoms with Crippen LogP contribution in [0.3, 0.4) is 0 Å².